The number of amides is 1. The maximum atomic E-state index is 12.8. The van der Waals surface area contributed by atoms with E-state index in [9.17, 15) is 4.79 Å². The quantitative estimate of drug-likeness (QED) is 0.825. The van der Waals surface area contributed by atoms with Crippen LogP contribution in [0.4, 0.5) is 0 Å². The Morgan fingerprint density at radius 1 is 1.05 bits per heavy atom. The fraction of sp³-hybridized carbons (Fsp3) is 0.941. The number of nitrogens with zero attached hydrogens (tertiary/aromatic N) is 1. The molecule has 4 aliphatic carbocycles. The molecular formula is C17H30ClN3O. The van der Waals surface area contributed by atoms with Crippen LogP contribution in [0.5, 0.6) is 0 Å². The van der Waals surface area contributed by atoms with E-state index in [-0.39, 0.29) is 17.8 Å². The molecule has 0 spiro atoms. The van der Waals surface area contributed by atoms with Crippen molar-refractivity contribution in [3.8, 4) is 0 Å². The van der Waals surface area contributed by atoms with E-state index < -0.39 is 0 Å². The molecule has 0 radical (unpaired) electrons. The molecule has 4 nitrogen and oxygen atoms in total. The van der Waals surface area contributed by atoms with Crippen molar-refractivity contribution in [2.75, 3.05) is 39.3 Å². The molecule has 1 amide bonds. The van der Waals surface area contributed by atoms with Crippen molar-refractivity contribution < 1.29 is 4.79 Å². The van der Waals surface area contributed by atoms with E-state index in [1.165, 1.54) is 38.5 Å². The van der Waals surface area contributed by atoms with Crippen molar-refractivity contribution in [2.45, 2.75) is 38.5 Å². The van der Waals surface area contributed by atoms with Crippen LogP contribution in [0.2, 0.25) is 0 Å². The highest BCUT2D eigenvalue weighted by Gasteiger charge is 2.54. The number of halogens is 1. The molecule has 22 heavy (non-hydrogen) atoms. The van der Waals surface area contributed by atoms with Gasteiger partial charge in [-0.2, -0.15) is 0 Å². The van der Waals surface area contributed by atoms with Gasteiger partial charge in [-0.1, -0.05) is 0 Å². The first-order valence-corrected chi connectivity index (χ1v) is 8.95. The van der Waals surface area contributed by atoms with Crippen LogP contribution in [0.15, 0.2) is 0 Å². The van der Waals surface area contributed by atoms with Gasteiger partial charge in [-0.25, -0.2) is 0 Å². The fourth-order valence-electron chi connectivity index (χ4n) is 5.84. The summed E-state index contributed by atoms with van der Waals surface area (Å²) >= 11 is 0. The van der Waals surface area contributed by atoms with E-state index in [0.717, 1.165) is 57.0 Å². The molecule has 0 unspecified atom stereocenters. The predicted octanol–water partition coefficient (Wildman–Crippen LogP) is 1.65. The summed E-state index contributed by atoms with van der Waals surface area (Å²) in [5, 5.41) is 6.66. The lowest BCUT2D eigenvalue weighted by molar-refractivity contribution is -0.146. The molecular weight excluding hydrogens is 298 g/mol. The molecule has 0 aromatic heterocycles. The minimum Gasteiger partial charge on any atom is -0.354 e. The van der Waals surface area contributed by atoms with E-state index >= 15 is 0 Å². The molecule has 5 heteroatoms. The fourth-order valence-corrected chi connectivity index (χ4v) is 5.84. The zero-order chi connectivity index (χ0) is 14.3. The average Bonchev–Trinajstić information content (AvgIpc) is 2.47. The van der Waals surface area contributed by atoms with Crippen LogP contribution in [0, 0.1) is 23.2 Å². The summed E-state index contributed by atoms with van der Waals surface area (Å²) in [7, 11) is 0. The van der Waals surface area contributed by atoms with Crippen molar-refractivity contribution in [3.05, 3.63) is 0 Å². The van der Waals surface area contributed by atoms with Crippen molar-refractivity contribution in [3.63, 3.8) is 0 Å². The molecule has 1 saturated heterocycles. The smallest absolute Gasteiger partial charge is 0.226 e. The third-order valence-corrected chi connectivity index (χ3v) is 6.44. The van der Waals surface area contributed by atoms with Gasteiger partial charge in [-0.15, -0.1) is 12.4 Å². The van der Waals surface area contributed by atoms with E-state index in [2.05, 4.69) is 15.5 Å². The molecule has 5 fully saturated rings. The third kappa shape index (κ3) is 3.15. The molecule has 1 aliphatic heterocycles. The highest BCUT2D eigenvalue weighted by molar-refractivity contribution is 5.85. The summed E-state index contributed by atoms with van der Waals surface area (Å²) in [6.45, 7) is 6.26. The highest BCUT2D eigenvalue weighted by atomic mass is 35.5. The zero-order valence-electron chi connectivity index (χ0n) is 13.5. The van der Waals surface area contributed by atoms with Gasteiger partial charge in [0.25, 0.3) is 0 Å². The number of carbonyl (C=O) groups is 1. The Morgan fingerprint density at radius 3 is 2.14 bits per heavy atom. The summed E-state index contributed by atoms with van der Waals surface area (Å²) in [5.74, 6) is 2.96. The van der Waals surface area contributed by atoms with Gasteiger partial charge in [-0.05, 0) is 56.3 Å². The lowest BCUT2D eigenvalue weighted by Crippen LogP contribution is -2.54. The lowest BCUT2D eigenvalue weighted by atomic mass is 9.49. The minimum atomic E-state index is 0. The molecule has 0 aromatic rings. The Kier molecular flexibility index (Phi) is 5.01. The van der Waals surface area contributed by atoms with Gasteiger partial charge in [0.15, 0.2) is 0 Å². The zero-order valence-corrected chi connectivity index (χ0v) is 14.3. The van der Waals surface area contributed by atoms with Gasteiger partial charge in [-0.3, -0.25) is 9.69 Å². The predicted molar refractivity (Wildman–Crippen MR) is 90.2 cm³/mol. The van der Waals surface area contributed by atoms with Crippen LogP contribution < -0.4 is 10.6 Å². The molecule has 4 bridgehead atoms. The van der Waals surface area contributed by atoms with E-state index in [0.29, 0.717) is 5.91 Å². The second-order valence-corrected chi connectivity index (χ2v) is 8.05. The molecule has 5 rings (SSSR count). The SMILES string of the molecule is Cl.O=C(NCCN1CCNCC1)C12CC3CC(CC(C3)C1)C2. The molecule has 2 N–H and O–H groups in total. The third-order valence-electron chi connectivity index (χ3n) is 6.44. The molecule has 0 atom stereocenters. The number of piperazine rings is 1. The van der Waals surface area contributed by atoms with Crippen LogP contribution in [-0.4, -0.2) is 50.1 Å². The molecule has 1 heterocycles. The standard InChI is InChI=1S/C17H29N3O.ClH/c21-16(19-3-6-20-4-1-18-2-5-20)17-10-13-7-14(11-17)9-15(8-13)12-17;/h13-15,18H,1-12H2,(H,19,21);1H. The van der Waals surface area contributed by atoms with Crippen LogP contribution >= 0.6 is 12.4 Å². The molecule has 0 aromatic carbocycles. The normalized spacial score (nSPS) is 40.3. The summed E-state index contributed by atoms with van der Waals surface area (Å²) in [6, 6.07) is 0. The average molecular weight is 328 g/mol. The van der Waals surface area contributed by atoms with Gasteiger partial charge in [0.05, 0.1) is 0 Å². The van der Waals surface area contributed by atoms with Crippen molar-refractivity contribution in [2.24, 2.45) is 23.2 Å². The summed E-state index contributed by atoms with van der Waals surface area (Å²) in [6.07, 6.45) is 7.77. The van der Waals surface area contributed by atoms with Crippen molar-refractivity contribution >= 4 is 18.3 Å². The Labute approximate surface area is 140 Å². The van der Waals surface area contributed by atoms with Gasteiger partial charge in [0.1, 0.15) is 0 Å². The van der Waals surface area contributed by atoms with E-state index in [4.69, 9.17) is 0 Å². The minimum absolute atomic E-state index is 0. The van der Waals surface area contributed by atoms with Crippen molar-refractivity contribution in [1.82, 2.24) is 15.5 Å². The van der Waals surface area contributed by atoms with Crippen LogP contribution in [0.3, 0.4) is 0 Å². The summed E-state index contributed by atoms with van der Waals surface area (Å²) < 4.78 is 0. The number of hydrogen-bond acceptors (Lipinski definition) is 3. The molecule has 4 saturated carbocycles. The van der Waals surface area contributed by atoms with Gasteiger partial charge in [0.2, 0.25) is 5.91 Å². The number of hydrogen-bond donors (Lipinski definition) is 2. The molecule has 126 valence electrons. The van der Waals surface area contributed by atoms with E-state index in [1.807, 2.05) is 0 Å². The topological polar surface area (TPSA) is 44.4 Å². The monoisotopic (exact) mass is 327 g/mol. The maximum absolute atomic E-state index is 12.8. The number of carbonyl (C=O) groups excluding carboxylic acids is 1. The largest absolute Gasteiger partial charge is 0.354 e. The van der Waals surface area contributed by atoms with E-state index in [1.54, 1.807) is 0 Å². The van der Waals surface area contributed by atoms with Crippen LogP contribution in [0.1, 0.15) is 38.5 Å². The van der Waals surface area contributed by atoms with Gasteiger partial charge < -0.3 is 10.6 Å². The summed E-state index contributed by atoms with van der Waals surface area (Å²) in [4.78, 5) is 15.3. The first-order chi connectivity index (χ1) is 10.2. The van der Waals surface area contributed by atoms with Gasteiger partial charge >= 0.3 is 0 Å². The summed E-state index contributed by atoms with van der Waals surface area (Å²) in [5.41, 5.74) is 0.0260. The Bertz CT molecular complexity index is 373. The van der Waals surface area contributed by atoms with Crippen LogP contribution in [-0.2, 0) is 4.79 Å². The first-order valence-electron chi connectivity index (χ1n) is 8.95. The Hall–Kier alpha value is -0.320. The lowest BCUT2D eigenvalue weighted by Gasteiger charge is -2.55. The Balaban J connectivity index is 0.00000144. The first kappa shape index (κ1) is 16.5. The van der Waals surface area contributed by atoms with Crippen molar-refractivity contribution in [1.29, 1.82) is 0 Å². The second-order valence-electron chi connectivity index (χ2n) is 8.05. The Morgan fingerprint density at radius 2 is 1.59 bits per heavy atom. The van der Waals surface area contributed by atoms with Gasteiger partial charge in [0, 0.05) is 44.7 Å². The second kappa shape index (κ2) is 6.66. The van der Waals surface area contributed by atoms with Crippen LogP contribution in [0.25, 0.3) is 0 Å². The molecule has 5 aliphatic rings. The maximum Gasteiger partial charge on any atom is 0.226 e. The highest BCUT2D eigenvalue weighted by Crippen LogP contribution is 2.60. The number of rotatable bonds is 4. The number of nitrogens with one attached hydrogen (secondary N) is 2.